The summed E-state index contributed by atoms with van der Waals surface area (Å²) < 4.78 is 27.3. The molecular formula is C14H22ClN3O2S. The lowest BCUT2D eigenvalue weighted by Gasteiger charge is -2.28. The molecule has 1 saturated carbocycles. The average Bonchev–Trinajstić information content (AvgIpc) is 2.46. The molecule has 0 bridgehead atoms. The van der Waals surface area contributed by atoms with Gasteiger partial charge in [-0.05, 0) is 24.3 Å². The fraction of sp³-hybridized carbons (Fsp3) is 0.643. The molecule has 1 aromatic rings. The molecule has 1 aliphatic rings. The Kier molecular flexibility index (Phi) is 5.46. The van der Waals surface area contributed by atoms with E-state index in [1.165, 1.54) is 31.5 Å². The predicted molar refractivity (Wildman–Crippen MR) is 85.1 cm³/mol. The summed E-state index contributed by atoms with van der Waals surface area (Å²) in [5.41, 5.74) is 0. The van der Waals surface area contributed by atoms with Gasteiger partial charge in [-0.15, -0.1) is 0 Å². The van der Waals surface area contributed by atoms with E-state index in [0.29, 0.717) is 29.2 Å². The van der Waals surface area contributed by atoms with Crippen LogP contribution in [-0.2, 0) is 10.0 Å². The molecule has 1 aliphatic carbocycles. The van der Waals surface area contributed by atoms with Crippen LogP contribution in [-0.4, -0.2) is 27.0 Å². The van der Waals surface area contributed by atoms with Crippen molar-refractivity contribution < 1.29 is 8.42 Å². The third-order valence-electron chi connectivity index (χ3n) is 4.19. The van der Waals surface area contributed by atoms with E-state index in [1.807, 2.05) is 0 Å². The summed E-state index contributed by atoms with van der Waals surface area (Å²) in [6, 6.07) is 1.42. The van der Waals surface area contributed by atoms with Gasteiger partial charge >= 0.3 is 0 Å². The zero-order valence-corrected chi connectivity index (χ0v) is 14.0. The van der Waals surface area contributed by atoms with Gasteiger partial charge in [-0.1, -0.05) is 37.8 Å². The van der Waals surface area contributed by atoms with E-state index >= 15 is 0 Å². The maximum Gasteiger partial charge on any atom is 0.242 e. The van der Waals surface area contributed by atoms with Crippen LogP contribution in [0.2, 0.25) is 5.02 Å². The fourth-order valence-electron chi connectivity index (χ4n) is 2.75. The Morgan fingerprint density at radius 1 is 1.38 bits per heavy atom. The number of pyridine rings is 1. The van der Waals surface area contributed by atoms with Crippen LogP contribution in [0.3, 0.4) is 0 Å². The molecule has 118 valence electrons. The van der Waals surface area contributed by atoms with E-state index < -0.39 is 10.0 Å². The molecule has 0 aromatic carbocycles. The lowest BCUT2D eigenvalue weighted by Crippen LogP contribution is -2.33. The highest BCUT2D eigenvalue weighted by atomic mass is 35.5. The molecule has 0 aliphatic heterocycles. The second-order valence-electron chi connectivity index (χ2n) is 5.63. The van der Waals surface area contributed by atoms with Crippen LogP contribution >= 0.6 is 11.6 Å². The topological polar surface area (TPSA) is 71.1 Å². The van der Waals surface area contributed by atoms with Gasteiger partial charge in [-0.3, -0.25) is 0 Å². The van der Waals surface area contributed by atoms with Gasteiger partial charge in [0.2, 0.25) is 10.0 Å². The number of nitrogens with zero attached hydrogens (tertiary/aromatic N) is 1. The molecule has 5 nitrogen and oxygen atoms in total. The minimum Gasteiger partial charge on any atom is -0.372 e. The molecule has 0 amide bonds. The van der Waals surface area contributed by atoms with Crippen LogP contribution in [0.5, 0.6) is 0 Å². The number of aromatic nitrogens is 1. The smallest absolute Gasteiger partial charge is 0.242 e. The first-order valence-corrected chi connectivity index (χ1v) is 9.13. The number of sulfonamides is 1. The third kappa shape index (κ3) is 4.08. The molecule has 0 saturated heterocycles. The number of nitrogens with one attached hydrogen (secondary N) is 2. The van der Waals surface area contributed by atoms with Crippen molar-refractivity contribution in [3.8, 4) is 0 Å². The summed E-state index contributed by atoms with van der Waals surface area (Å²) in [7, 11) is -1.87. The van der Waals surface area contributed by atoms with Crippen molar-refractivity contribution in [2.24, 2.45) is 11.8 Å². The fourth-order valence-corrected chi connectivity index (χ4v) is 4.14. The standard InChI is InChI=1S/C14H22ClN3O2S/c1-10-5-3-4-6-11(10)8-18-21(19,20)12-7-13(15)14(16-2)17-9-12/h7,9-11,18H,3-6,8H2,1-2H3,(H,16,17). The first-order chi connectivity index (χ1) is 9.94. The number of anilines is 1. The normalized spacial score (nSPS) is 23.0. The summed E-state index contributed by atoms with van der Waals surface area (Å²) in [5, 5.41) is 3.10. The molecule has 21 heavy (non-hydrogen) atoms. The zero-order chi connectivity index (χ0) is 15.5. The molecule has 0 spiro atoms. The van der Waals surface area contributed by atoms with E-state index in [9.17, 15) is 8.42 Å². The molecule has 1 fully saturated rings. The summed E-state index contributed by atoms with van der Waals surface area (Å²) in [6.07, 6.45) is 6.01. The zero-order valence-electron chi connectivity index (χ0n) is 12.4. The number of halogens is 1. The quantitative estimate of drug-likeness (QED) is 0.870. The van der Waals surface area contributed by atoms with Crippen LogP contribution in [0.15, 0.2) is 17.2 Å². The maximum absolute atomic E-state index is 12.3. The van der Waals surface area contributed by atoms with Crippen LogP contribution in [0.1, 0.15) is 32.6 Å². The highest BCUT2D eigenvalue weighted by molar-refractivity contribution is 7.89. The average molecular weight is 332 g/mol. The van der Waals surface area contributed by atoms with Crippen LogP contribution in [0, 0.1) is 11.8 Å². The molecule has 2 N–H and O–H groups in total. The number of hydrogen-bond donors (Lipinski definition) is 2. The Hall–Kier alpha value is -0.850. The van der Waals surface area contributed by atoms with Crippen LogP contribution < -0.4 is 10.0 Å². The van der Waals surface area contributed by atoms with E-state index in [1.54, 1.807) is 7.05 Å². The Morgan fingerprint density at radius 3 is 2.71 bits per heavy atom. The summed E-state index contributed by atoms with van der Waals surface area (Å²) in [5.74, 6) is 1.44. The Labute approximate surface area is 131 Å². The van der Waals surface area contributed by atoms with Gasteiger partial charge in [0.1, 0.15) is 10.7 Å². The van der Waals surface area contributed by atoms with E-state index in [2.05, 4.69) is 21.9 Å². The van der Waals surface area contributed by atoms with Crippen molar-refractivity contribution in [1.29, 1.82) is 0 Å². The van der Waals surface area contributed by atoms with Crippen molar-refractivity contribution in [3.05, 3.63) is 17.3 Å². The van der Waals surface area contributed by atoms with E-state index in [0.717, 1.165) is 6.42 Å². The molecule has 1 heterocycles. The summed E-state index contributed by atoms with van der Waals surface area (Å²) in [4.78, 5) is 4.12. The lowest BCUT2D eigenvalue weighted by molar-refractivity contribution is 0.257. The van der Waals surface area contributed by atoms with Gasteiger partial charge in [-0.2, -0.15) is 0 Å². The van der Waals surface area contributed by atoms with Crippen molar-refractivity contribution in [1.82, 2.24) is 9.71 Å². The number of rotatable bonds is 5. The largest absolute Gasteiger partial charge is 0.372 e. The van der Waals surface area contributed by atoms with Crippen LogP contribution in [0.25, 0.3) is 0 Å². The Bertz CT molecular complexity index is 592. The molecule has 2 rings (SSSR count). The van der Waals surface area contributed by atoms with Crippen molar-refractivity contribution >= 4 is 27.4 Å². The molecule has 2 unspecified atom stereocenters. The lowest BCUT2D eigenvalue weighted by atomic mass is 9.81. The minimum atomic E-state index is -3.56. The second kappa shape index (κ2) is 6.94. The minimum absolute atomic E-state index is 0.106. The summed E-state index contributed by atoms with van der Waals surface area (Å²) >= 11 is 5.99. The predicted octanol–water partition coefficient (Wildman–Crippen LogP) is 2.88. The Balaban J connectivity index is 2.06. The molecule has 0 radical (unpaired) electrons. The van der Waals surface area contributed by atoms with Gasteiger partial charge in [0.25, 0.3) is 0 Å². The van der Waals surface area contributed by atoms with Gasteiger partial charge in [-0.25, -0.2) is 18.1 Å². The highest BCUT2D eigenvalue weighted by Gasteiger charge is 2.24. The van der Waals surface area contributed by atoms with Crippen LogP contribution in [0.4, 0.5) is 5.82 Å². The highest BCUT2D eigenvalue weighted by Crippen LogP contribution is 2.29. The second-order valence-corrected chi connectivity index (χ2v) is 7.80. The van der Waals surface area contributed by atoms with E-state index in [4.69, 9.17) is 11.6 Å². The van der Waals surface area contributed by atoms with Crippen molar-refractivity contribution in [3.63, 3.8) is 0 Å². The van der Waals surface area contributed by atoms with Gasteiger partial charge in [0.15, 0.2) is 0 Å². The van der Waals surface area contributed by atoms with Gasteiger partial charge < -0.3 is 5.32 Å². The molecule has 7 heteroatoms. The first-order valence-electron chi connectivity index (χ1n) is 7.27. The SMILES string of the molecule is CNc1ncc(S(=O)(=O)NCC2CCCCC2C)cc1Cl. The maximum atomic E-state index is 12.3. The molecule has 1 aromatic heterocycles. The summed E-state index contributed by atoms with van der Waals surface area (Å²) in [6.45, 7) is 2.67. The van der Waals surface area contributed by atoms with Crippen molar-refractivity contribution in [2.45, 2.75) is 37.5 Å². The third-order valence-corrected chi connectivity index (χ3v) is 5.87. The van der Waals surface area contributed by atoms with Gasteiger partial charge in [0.05, 0.1) is 5.02 Å². The monoisotopic (exact) mass is 331 g/mol. The van der Waals surface area contributed by atoms with E-state index in [-0.39, 0.29) is 4.90 Å². The number of hydrogen-bond acceptors (Lipinski definition) is 4. The van der Waals surface area contributed by atoms with Gasteiger partial charge in [0, 0.05) is 19.8 Å². The Morgan fingerprint density at radius 2 is 2.10 bits per heavy atom. The van der Waals surface area contributed by atoms with Crippen molar-refractivity contribution in [2.75, 3.05) is 18.9 Å². The first kappa shape index (κ1) is 16.5. The molecular weight excluding hydrogens is 310 g/mol. The molecule has 2 atom stereocenters.